The van der Waals surface area contributed by atoms with Crippen LogP contribution in [0.15, 0.2) is 24.3 Å². The van der Waals surface area contributed by atoms with E-state index in [-0.39, 0.29) is 0 Å². The van der Waals surface area contributed by atoms with Crippen molar-refractivity contribution in [2.45, 2.75) is 38.8 Å². The van der Waals surface area contributed by atoms with Gasteiger partial charge in [-0.3, -0.25) is 0 Å². The highest BCUT2D eigenvalue weighted by Gasteiger charge is 2.21. The first kappa shape index (κ1) is 14.5. The third-order valence-corrected chi connectivity index (χ3v) is 4.15. The van der Waals surface area contributed by atoms with Crippen LogP contribution in [0.3, 0.4) is 0 Å². The molecule has 0 bridgehead atoms. The number of rotatable bonds is 5. The Balaban J connectivity index is 1.82. The lowest BCUT2D eigenvalue weighted by atomic mass is 9.92. The lowest BCUT2D eigenvalue weighted by molar-refractivity contribution is 0.0536. The van der Waals surface area contributed by atoms with Gasteiger partial charge in [-0.15, -0.1) is 0 Å². The summed E-state index contributed by atoms with van der Waals surface area (Å²) in [4.78, 5) is 0. The second-order valence-corrected chi connectivity index (χ2v) is 5.52. The quantitative estimate of drug-likeness (QED) is 0.857. The van der Waals surface area contributed by atoms with E-state index in [1.54, 1.807) is 0 Å². The number of aryl methyl sites for hydroxylation is 1. The topological polar surface area (TPSA) is 41.5 Å². The summed E-state index contributed by atoms with van der Waals surface area (Å²) < 4.78 is 5.38. The predicted molar refractivity (Wildman–Crippen MR) is 77.1 cm³/mol. The molecular weight excluding hydrogens is 238 g/mol. The van der Waals surface area contributed by atoms with Gasteiger partial charge in [-0.05, 0) is 43.7 Å². The maximum atomic E-state index is 10.3. The van der Waals surface area contributed by atoms with Crippen molar-refractivity contribution in [3.63, 3.8) is 0 Å². The molecule has 2 atom stereocenters. The number of aliphatic hydroxyl groups is 1. The maximum Gasteiger partial charge on any atom is 0.0917 e. The minimum absolute atomic E-state index is 0.427. The summed E-state index contributed by atoms with van der Waals surface area (Å²) in [7, 11) is 0. The van der Waals surface area contributed by atoms with E-state index in [1.165, 1.54) is 0 Å². The Morgan fingerprint density at radius 1 is 1.32 bits per heavy atom. The van der Waals surface area contributed by atoms with Crippen LogP contribution >= 0.6 is 0 Å². The van der Waals surface area contributed by atoms with Crippen molar-refractivity contribution in [1.29, 1.82) is 0 Å². The molecule has 1 aromatic rings. The zero-order chi connectivity index (χ0) is 13.7. The van der Waals surface area contributed by atoms with Crippen LogP contribution in [0.5, 0.6) is 0 Å². The van der Waals surface area contributed by atoms with Crippen LogP contribution in [0, 0.1) is 12.8 Å². The molecule has 2 rings (SSSR count). The first-order valence-electron chi connectivity index (χ1n) is 7.23. The van der Waals surface area contributed by atoms with Crippen LogP contribution in [0.25, 0.3) is 0 Å². The van der Waals surface area contributed by atoms with Gasteiger partial charge in [0.25, 0.3) is 0 Å². The molecule has 2 N–H and O–H groups in total. The van der Waals surface area contributed by atoms with Gasteiger partial charge in [-0.2, -0.15) is 0 Å². The number of benzene rings is 1. The van der Waals surface area contributed by atoms with Gasteiger partial charge < -0.3 is 15.2 Å². The van der Waals surface area contributed by atoms with Crippen molar-refractivity contribution in [3.05, 3.63) is 35.4 Å². The summed E-state index contributed by atoms with van der Waals surface area (Å²) >= 11 is 0. The highest BCUT2D eigenvalue weighted by molar-refractivity contribution is 5.27. The van der Waals surface area contributed by atoms with Crippen LogP contribution < -0.4 is 5.32 Å². The van der Waals surface area contributed by atoms with Gasteiger partial charge in [-0.1, -0.05) is 24.3 Å². The molecule has 1 fully saturated rings. The zero-order valence-electron chi connectivity index (χ0n) is 11.9. The van der Waals surface area contributed by atoms with Crippen molar-refractivity contribution in [1.82, 2.24) is 5.32 Å². The molecule has 1 aromatic carbocycles. The number of hydrogen-bond donors (Lipinski definition) is 2. The molecule has 1 saturated heterocycles. The van der Waals surface area contributed by atoms with E-state index in [4.69, 9.17) is 4.74 Å². The van der Waals surface area contributed by atoms with Gasteiger partial charge >= 0.3 is 0 Å². The SMILES string of the molecule is Cc1ccccc1C(O)CNC(C)C1CCOCC1. The lowest BCUT2D eigenvalue weighted by Gasteiger charge is -2.29. The van der Waals surface area contributed by atoms with E-state index in [1.807, 2.05) is 31.2 Å². The van der Waals surface area contributed by atoms with Gasteiger partial charge in [0.15, 0.2) is 0 Å². The normalized spacial score (nSPS) is 20.2. The smallest absolute Gasteiger partial charge is 0.0917 e. The summed E-state index contributed by atoms with van der Waals surface area (Å²) in [6, 6.07) is 8.46. The van der Waals surface area contributed by atoms with E-state index in [0.717, 1.165) is 37.2 Å². The van der Waals surface area contributed by atoms with Gasteiger partial charge in [-0.25, -0.2) is 0 Å². The molecule has 0 spiro atoms. The molecule has 0 saturated carbocycles. The Kier molecular flexibility index (Phi) is 5.37. The summed E-state index contributed by atoms with van der Waals surface area (Å²) in [6.07, 6.45) is 1.81. The van der Waals surface area contributed by atoms with Crippen LogP contribution in [-0.4, -0.2) is 30.9 Å². The maximum absolute atomic E-state index is 10.3. The average Bonchev–Trinajstić information content (AvgIpc) is 2.46. The first-order valence-corrected chi connectivity index (χ1v) is 7.23. The van der Waals surface area contributed by atoms with Crippen LogP contribution in [-0.2, 0) is 4.74 Å². The van der Waals surface area contributed by atoms with Crippen molar-refractivity contribution >= 4 is 0 Å². The standard InChI is InChI=1S/C16H25NO2/c1-12-5-3-4-6-15(12)16(18)11-17-13(2)14-7-9-19-10-8-14/h3-6,13-14,16-18H,7-11H2,1-2H3. The Morgan fingerprint density at radius 2 is 2.00 bits per heavy atom. The van der Waals surface area contributed by atoms with Gasteiger partial charge in [0, 0.05) is 25.8 Å². The van der Waals surface area contributed by atoms with Crippen LogP contribution in [0.4, 0.5) is 0 Å². The van der Waals surface area contributed by atoms with E-state index >= 15 is 0 Å². The number of nitrogens with one attached hydrogen (secondary N) is 1. The molecule has 1 heterocycles. The highest BCUT2D eigenvalue weighted by Crippen LogP contribution is 2.20. The van der Waals surface area contributed by atoms with E-state index in [0.29, 0.717) is 18.5 Å². The second-order valence-electron chi connectivity index (χ2n) is 5.52. The molecule has 1 aliphatic heterocycles. The predicted octanol–water partition coefficient (Wildman–Crippen LogP) is 2.43. The fourth-order valence-electron chi connectivity index (χ4n) is 2.75. The van der Waals surface area contributed by atoms with Crippen molar-refractivity contribution in [3.8, 4) is 0 Å². The molecule has 3 nitrogen and oxygen atoms in total. The highest BCUT2D eigenvalue weighted by atomic mass is 16.5. The molecule has 106 valence electrons. The zero-order valence-corrected chi connectivity index (χ0v) is 11.9. The number of hydrogen-bond acceptors (Lipinski definition) is 3. The molecule has 0 amide bonds. The fourth-order valence-corrected chi connectivity index (χ4v) is 2.75. The van der Waals surface area contributed by atoms with E-state index in [9.17, 15) is 5.11 Å². The van der Waals surface area contributed by atoms with Crippen molar-refractivity contribution in [2.75, 3.05) is 19.8 Å². The lowest BCUT2D eigenvalue weighted by Crippen LogP contribution is -2.38. The Labute approximate surface area is 116 Å². The van der Waals surface area contributed by atoms with Gasteiger partial charge in [0.2, 0.25) is 0 Å². The average molecular weight is 263 g/mol. The minimum Gasteiger partial charge on any atom is -0.387 e. The number of ether oxygens (including phenoxy) is 1. The molecule has 0 aromatic heterocycles. The van der Waals surface area contributed by atoms with Crippen LogP contribution in [0.2, 0.25) is 0 Å². The molecular formula is C16H25NO2. The third kappa shape index (κ3) is 4.03. The van der Waals surface area contributed by atoms with Gasteiger partial charge in [0.05, 0.1) is 6.10 Å². The summed E-state index contributed by atoms with van der Waals surface area (Å²) in [6.45, 7) is 6.61. The van der Waals surface area contributed by atoms with E-state index < -0.39 is 6.10 Å². The first-order chi connectivity index (χ1) is 9.18. The monoisotopic (exact) mass is 263 g/mol. The minimum atomic E-state index is -0.427. The molecule has 1 aliphatic rings. The fraction of sp³-hybridized carbons (Fsp3) is 0.625. The van der Waals surface area contributed by atoms with Crippen molar-refractivity contribution < 1.29 is 9.84 Å². The van der Waals surface area contributed by atoms with Crippen molar-refractivity contribution in [2.24, 2.45) is 5.92 Å². The Bertz CT molecular complexity index is 388. The van der Waals surface area contributed by atoms with E-state index in [2.05, 4.69) is 12.2 Å². The molecule has 0 aliphatic carbocycles. The molecule has 3 heteroatoms. The largest absolute Gasteiger partial charge is 0.387 e. The number of aliphatic hydroxyl groups excluding tert-OH is 1. The van der Waals surface area contributed by atoms with Crippen LogP contribution in [0.1, 0.15) is 37.0 Å². The molecule has 0 radical (unpaired) electrons. The van der Waals surface area contributed by atoms with Gasteiger partial charge in [0.1, 0.15) is 0 Å². The Hall–Kier alpha value is -0.900. The second kappa shape index (κ2) is 7.04. The summed E-state index contributed by atoms with van der Waals surface area (Å²) in [5.41, 5.74) is 2.17. The summed E-state index contributed by atoms with van der Waals surface area (Å²) in [5.74, 6) is 0.665. The third-order valence-electron chi connectivity index (χ3n) is 4.15. The Morgan fingerprint density at radius 3 is 2.68 bits per heavy atom. The summed E-state index contributed by atoms with van der Waals surface area (Å²) in [5, 5.41) is 13.7. The molecule has 2 unspecified atom stereocenters. The molecule has 19 heavy (non-hydrogen) atoms.